The van der Waals surface area contributed by atoms with Crippen molar-refractivity contribution in [2.24, 2.45) is 0 Å². The Bertz CT molecular complexity index is 288. The Morgan fingerprint density at radius 3 is 3.30 bits per heavy atom. The standard InChI is InChI=1S/C4H4N4OS/c9-10-4-3(6-8-10)1-2-5-7-4/h1-2,6,8H. The van der Waals surface area contributed by atoms with Crippen molar-refractivity contribution in [3.63, 3.8) is 0 Å². The summed E-state index contributed by atoms with van der Waals surface area (Å²) >= 11 is 0. The lowest BCUT2D eigenvalue weighted by atomic mass is 10.5. The Kier molecular flexibility index (Phi) is 1.15. The fourth-order valence-electron chi connectivity index (χ4n) is 0.701. The maximum atomic E-state index is 10.9. The van der Waals surface area contributed by atoms with Gasteiger partial charge < -0.3 is 5.43 Å². The summed E-state index contributed by atoms with van der Waals surface area (Å²) in [5.41, 5.74) is 3.43. The molecule has 0 amide bonds. The van der Waals surface area contributed by atoms with Gasteiger partial charge in [0.15, 0.2) is 16.0 Å². The van der Waals surface area contributed by atoms with Gasteiger partial charge in [-0.25, -0.2) is 4.21 Å². The number of fused-ring (bicyclic) bond motifs is 1. The Morgan fingerprint density at radius 2 is 2.50 bits per heavy atom. The van der Waals surface area contributed by atoms with E-state index in [-0.39, 0.29) is 0 Å². The van der Waals surface area contributed by atoms with Gasteiger partial charge in [-0.15, -0.1) is 9.93 Å². The predicted molar refractivity (Wildman–Crippen MR) is 35.2 cm³/mol. The third-order valence-corrected chi connectivity index (χ3v) is 2.08. The minimum absolute atomic E-state index is 0.461. The number of nitrogens with one attached hydrogen (secondary N) is 2. The highest BCUT2D eigenvalue weighted by Crippen LogP contribution is 2.17. The average molecular weight is 156 g/mol. The molecular formula is C4H4N4OS. The lowest BCUT2D eigenvalue weighted by Gasteiger charge is -1.89. The van der Waals surface area contributed by atoms with E-state index in [1.54, 1.807) is 6.07 Å². The van der Waals surface area contributed by atoms with Crippen molar-refractivity contribution in [1.29, 1.82) is 0 Å². The second kappa shape index (κ2) is 1.99. The zero-order chi connectivity index (χ0) is 6.97. The molecule has 5 nitrogen and oxygen atoms in total. The fraction of sp³-hybridized carbons (Fsp3) is 0. The van der Waals surface area contributed by atoms with Crippen molar-refractivity contribution in [2.45, 2.75) is 5.03 Å². The van der Waals surface area contributed by atoms with Gasteiger partial charge in [0.25, 0.3) is 0 Å². The maximum Gasteiger partial charge on any atom is 0.191 e. The van der Waals surface area contributed by atoms with Crippen LogP contribution in [0.2, 0.25) is 0 Å². The van der Waals surface area contributed by atoms with Gasteiger partial charge in [0.2, 0.25) is 0 Å². The van der Waals surface area contributed by atoms with Crippen LogP contribution in [0.15, 0.2) is 17.3 Å². The zero-order valence-corrected chi connectivity index (χ0v) is 5.68. The van der Waals surface area contributed by atoms with E-state index in [4.69, 9.17) is 0 Å². The number of nitrogens with zero attached hydrogens (tertiary/aromatic N) is 2. The normalized spacial score (nSPS) is 21.8. The van der Waals surface area contributed by atoms with E-state index in [9.17, 15) is 4.21 Å². The van der Waals surface area contributed by atoms with Gasteiger partial charge in [-0.1, -0.05) is 0 Å². The average Bonchev–Trinajstić information content (AvgIpc) is 2.34. The molecule has 0 saturated heterocycles. The molecule has 1 aromatic heterocycles. The molecule has 0 spiro atoms. The summed E-state index contributed by atoms with van der Waals surface area (Å²) in [6, 6.07) is 1.71. The highest BCUT2D eigenvalue weighted by molar-refractivity contribution is 7.83. The lowest BCUT2D eigenvalue weighted by Crippen LogP contribution is -2.14. The van der Waals surface area contributed by atoms with E-state index in [1.165, 1.54) is 6.20 Å². The Labute approximate surface area is 59.4 Å². The van der Waals surface area contributed by atoms with E-state index < -0.39 is 11.0 Å². The molecule has 0 saturated carbocycles. The highest BCUT2D eigenvalue weighted by atomic mass is 32.2. The second-order valence-corrected chi connectivity index (χ2v) is 2.87. The maximum absolute atomic E-state index is 10.9. The Hall–Kier alpha value is -1.01. The minimum atomic E-state index is -1.23. The van der Waals surface area contributed by atoms with E-state index in [2.05, 4.69) is 20.5 Å². The van der Waals surface area contributed by atoms with Crippen LogP contribution in [0.1, 0.15) is 0 Å². The molecule has 2 heterocycles. The van der Waals surface area contributed by atoms with Gasteiger partial charge in [0.1, 0.15) is 0 Å². The summed E-state index contributed by atoms with van der Waals surface area (Å²) in [5.74, 6) is 0. The molecular weight excluding hydrogens is 152 g/mol. The molecule has 0 aliphatic carbocycles. The molecule has 10 heavy (non-hydrogen) atoms. The third kappa shape index (κ3) is 0.695. The molecule has 1 aromatic rings. The van der Waals surface area contributed by atoms with Crippen LogP contribution < -0.4 is 10.3 Å². The third-order valence-electron chi connectivity index (χ3n) is 1.14. The molecule has 52 valence electrons. The first-order valence-corrected chi connectivity index (χ1v) is 3.78. The van der Waals surface area contributed by atoms with Crippen LogP contribution in [0.3, 0.4) is 0 Å². The van der Waals surface area contributed by atoms with Gasteiger partial charge in [0, 0.05) is 0 Å². The number of hydrogen-bond donors (Lipinski definition) is 2. The first kappa shape index (κ1) is 5.75. The van der Waals surface area contributed by atoms with E-state index >= 15 is 0 Å². The minimum Gasteiger partial charge on any atom is -0.307 e. The number of aromatic nitrogens is 2. The predicted octanol–water partition coefficient (Wildman–Crippen LogP) is -0.571. The van der Waals surface area contributed by atoms with Crippen molar-refractivity contribution in [1.82, 2.24) is 15.0 Å². The Balaban J connectivity index is 2.61. The molecule has 6 heteroatoms. The van der Waals surface area contributed by atoms with Crippen LogP contribution in [0.25, 0.3) is 0 Å². The Morgan fingerprint density at radius 1 is 1.60 bits per heavy atom. The van der Waals surface area contributed by atoms with Crippen molar-refractivity contribution in [2.75, 3.05) is 5.43 Å². The molecule has 1 unspecified atom stereocenters. The summed E-state index contributed by atoms with van der Waals surface area (Å²) in [5, 5.41) is 7.71. The molecule has 2 N–H and O–H groups in total. The van der Waals surface area contributed by atoms with Crippen molar-refractivity contribution >= 4 is 16.7 Å². The molecule has 1 atom stereocenters. The summed E-state index contributed by atoms with van der Waals surface area (Å²) in [7, 11) is -1.23. The summed E-state index contributed by atoms with van der Waals surface area (Å²) < 4.78 is 10.9. The number of anilines is 1. The zero-order valence-electron chi connectivity index (χ0n) is 4.87. The topological polar surface area (TPSA) is 66.9 Å². The van der Waals surface area contributed by atoms with Crippen LogP contribution in [0.5, 0.6) is 0 Å². The van der Waals surface area contributed by atoms with Crippen LogP contribution in [0.4, 0.5) is 5.69 Å². The first-order chi connectivity index (χ1) is 4.88. The van der Waals surface area contributed by atoms with Gasteiger partial charge in [-0.3, -0.25) is 0 Å². The molecule has 2 rings (SSSR count). The first-order valence-electron chi connectivity index (χ1n) is 2.63. The summed E-state index contributed by atoms with van der Waals surface area (Å²) in [4.78, 5) is 2.50. The molecule has 0 radical (unpaired) electrons. The largest absolute Gasteiger partial charge is 0.307 e. The van der Waals surface area contributed by atoms with E-state index in [1.807, 2.05) is 0 Å². The van der Waals surface area contributed by atoms with Crippen LogP contribution in [-0.2, 0) is 11.0 Å². The molecule has 0 fully saturated rings. The summed E-state index contributed by atoms with van der Waals surface area (Å²) in [6.45, 7) is 0. The second-order valence-electron chi connectivity index (χ2n) is 1.75. The summed E-state index contributed by atoms with van der Waals surface area (Å²) in [6.07, 6.45) is 1.54. The van der Waals surface area contributed by atoms with Crippen LogP contribution in [-0.4, -0.2) is 14.4 Å². The lowest BCUT2D eigenvalue weighted by molar-refractivity contribution is 0.677. The number of hydrazine groups is 1. The fourth-order valence-corrected chi connectivity index (χ4v) is 1.44. The van der Waals surface area contributed by atoms with Crippen LogP contribution in [0, 0.1) is 0 Å². The van der Waals surface area contributed by atoms with Crippen molar-refractivity contribution in [3.05, 3.63) is 12.3 Å². The van der Waals surface area contributed by atoms with Gasteiger partial charge in [0.05, 0.1) is 11.9 Å². The van der Waals surface area contributed by atoms with Crippen molar-refractivity contribution < 1.29 is 4.21 Å². The number of rotatable bonds is 0. The number of hydrogen-bond acceptors (Lipinski definition) is 4. The molecule has 0 bridgehead atoms. The monoisotopic (exact) mass is 156 g/mol. The van der Waals surface area contributed by atoms with Crippen molar-refractivity contribution in [3.8, 4) is 0 Å². The SMILES string of the molecule is O=S1NNc2ccnnc21. The van der Waals surface area contributed by atoms with E-state index in [0.717, 1.165) is 5.69 Å². The van der Waals surface area contributed by atoms with E-state index in [0.29, 0.717) is 5.03 Å². The smallest absolute Gasteiger partial charge is 0.191 e. The van der Waals surface area contributed by atoms with Gasteiger partial charge in [-0.2, -0.15) is 5.10 Å². The molecule has 1 aliphatic heterocycles. The van der Waals surface area contributed by atoms with Crippen LogP contribution >= 0.6 is 0 Å². The van der Waals surface area contributed by atoms with Gasteiger partial charge in [-0.05, 0) is 6.07 Å². The van der Waals surface area contributed by atoms with Gasteiger partial charge >= 0.3 is 0 Å². The molecule has 1 aliphatic rings. The quantitative estimate of drug-likeness (QED) is 0.528. The molecule has 0 aromatic carbocycles. The highest BCUT2D eigenvalue weighted by Gasteiger charge is 2.17.